The fourth-order valence-corrected chi connectivity index (χ4v) is 2.31. The van der Waals surface area contributed by atoms with E-state index in [1.165, 1.54) is 0 Å². The molecule has 0 aromatic carbocycles. The van der Waals surface area contributed by atoms with Gasteiger partial charge in [-0.15, -0.1) is 0 Å². The van der Waals surface area contributed by atoms with Crippen LogP contribution in [0.1, 0.15) is 19.8 Å². The van der Waals surface area contributed by atoms with Gasteiger partial charge >= 0.3 is 0 Å². The maximum atomic E-state index is 11.3. The van der Waals surface area contributed by atoms with Gasteiger partial charge in [-0.3, -0.25) is 4.79 Å². The van der Waals surface area contributed by atoms with E-state index in [0.29, 0.717) is 31.0 Å². The Balaban J connectivity index is 2.29. The van der Waals surface area contributed by atoms with Crippen LogP contribution in [0.25, 0.3) is 0 Å². The Morgan fingerprint density at radius 1 is 1.50 bits per heavy atom. The van der Waals surface area contributed by atoms with Crippen molar-refractivity contribution >= 4 is 17.1 Å². The zero-order valence-electron chi connectivity index (χ0n) is 7.41. The van der Waals surface area contributed by atoms with Crippen LogP contribution in [0.5, 0.6) is 0 Å². The maximum absolute atomic E-state index is 11.3. The summed E-state index contributed by atoms with van der Waals surface area (Å²) in [4.78, 5) is 13.2. The lowest BCUT2D eigenvalue weighted by molar-refractivity contribution is -0.130. The van der Waals surface area contributed by atoms with Crippen molar-refractivity contribution in [1.82, 2.24) is 4.90 Å². The number of hydrogen-bond donors (Lipinski definition) is 0. The Morgan fingerprint density at radius 2 is 2.08 bits per heavy atom. The van der Waals surface area contributed by atoms with Gasteiger partial charge in [-0.2, -0.15) is 0 Å². The van der Waals surface area contributed by atoms with Gasteiger partial charge in [0, 0.05) is 6.42 Å². The molecule has 0 radical (unpaired) electrons. The van der Waals surface area contributed by atoms with Crippen molar-refractivity contribution < 1.29 is 9.35 Å². The van der Waals surface area contributed by atoms with Gasteiger partial charge in [0.15, 0.2) is 0 Å². The first-order valence-corrected chi connectivity index (χ1v) is 5.85. The van der Waals surface area contributed by atoms with Gasteiger partial charge in [0.2, 0.25) is 5.91 Å². The SMILES string of the molecule is CCCC(=O)N1CC[S+]([O-])CC1. The first-order chi connectivity index (χ1) is 5.74. The van der Waals surface area contributed by atoms with Crippen LogP contribution >= 0.6 is 0 Å². The van der Waals surface area contributed by atoms with Crippen LogP contribution in [0.2, 0.25) is 0 Å². The summed E-state index contributed by atoms with van der Waals surface area (Å²) in [6.45, 7) is 3.37. The fraction of sp³-hybridized carbons (Fsp3) is 0.875. The Bertz CT molecular complexity index is 155. The number of carbonyl (C=O) groups excluding carboxylic acids is 1. The van der Waals surface area contributed by atoms with E-state index in [2.05, 4.69) is 0 Å². The Labute approximate surface area is 76.3 Å². The highest BCUT2D eigenvalue weighted by atomic mass is 32.2. The third-order valence-corrected chi connectivity index (χ3v) is 3.27. The number of amides is 1. The molecule has 0 aromatic rings. The molecule has 1 saturated heterocycles. The van der Waals surface area contributed by atoms with Gasteiger partial charge in [-0.1, -0.05) is 18.1 Å². The molecule has 12 heavy (non-hydrogen) atoms. The van der Waals surface area contributed by atoms with Crippen LogP contribution in [0, 0.1) is 0 Å². The Morgan fingerprint density at radius 3 is 2.58 bits per heavy atom. The number of rotatable bonds is 2. The molecular formula is C8H15NO2S. The smallest absolute Gasteiger partial charge is 0.222 e. The normalized spacial score (nSPS) is 19.7. The zero-order valence-corrected chi connectivity index (χ0v) is 8.23. The topological polar surface area (TPSA) is 43.4 Å². The third kappa shape index (κ3) is 2.68. The minimum Gasteiger partial charge on any atom is -0.616 e. The lowest BCUT2D eigenvalue weighted by Gasteiger charge is -2.28. The van der Waals surface area contributed by atoms with E-state index in [0.717, 1.165) is 6.42 Å². The van der Waals surface area contributed by atoms with Gasteiger partial charge < -0.3 is 9.45 Å². The summed E-state index contributed by atoms with van der Waals surface area (Å²) in [5.41, 5.74) is 0. The molecule has 0 N–H and O–H groups in total. The minimum atomic E-state index is -0.675. The summed E-state index contributed by atoms with van der Waals surface area (Å²) < 4.78 is 11.0. The molecule has 1 amide bonds. The molecule has 3 nitrogen and oxygen atoms in total. The van der Waals surface area contributed by atoms with Gasteiger partial charge in [0.1, 0.15) is 11.5 Å². The number of hydrogen-bond acceptors (Lipinski definition) is 2. The summed E-state index contributed by atoms with van der Waals surface area (Å²) in [5, 5.41) is 0. The summed E-state index contributed by atoms with van der Waals surface area (Å²) in [6.07, 6.45) is 1.53. The molecule has 0 spiro atoms. The lowest BCUT2D eigenvalue weighted by Crippen LogP contribution is -2.43. The predicted molar refractivity (Wildman–Crippen MR) is 49.4 cm³/mol. The monoisotopic (exact) mass is 189 g/mol. The van der Waals surface area contributed by atoms with E-state index < -0.39 is 11.2 Å². The van der Waals surface area contributed by atoms with E-state index in [9.17, 15) is 9.35 Å². The first kappa shape index (κ1) is 9.86. The Hall–Kier alpha value is -0.220. The average molecular weight is 189 g/mol. The molecule has 1 heterocycles. The van der Waals surface area contributed by atoms with Crippen LogP contribution in [-0.4, -0.2) is 40.0 Å². The van der Waals surface area contributed by atoms with Crippen molar-refractivity contribution in [3.63, 3.8) is 0 Å². The van der Waals surface area contributed by atoms with Gasteiger partial charge in [0.05, 0.1) is 13.1 Å². The van der Waals surface area contributed by atoms with E-state index in [-0.39, 0.29) is 5.91 Å². The van der Waals surface area contributed by atoms with E-state index in [1.54, 1.807) is 0 Å². The predicted octanol–water partition coefficient (Wildman–Crippen LogP) is 0.377. The number of carbonyl (C=O) groups is 1. The second-order valence-corrected chi connectivity index (χ2v) is 4.68. The van der Waals surface area contributed by atoms with Gasteiger partial charge in [-0.25, -0.2) is 0 Å². The van der Waals surface area contributed by atoms with Gasteiger partial charge in [0.25, 0.3) is 0 Å². The van der Waals surface area contributed by atoms with Crippen LogP contribution in [0.4, 0.5) is 0 Å². The highest BCUT2D eigenvalue weighted by Crippen LogP contribution is 2.06. The largest absolute Gasteiger partial charge is 0.616 e. The summed E-state index contributed by atoms with van der Waals surface area (Å²) in [7, 11) is 0. The summed E-state index contributed by atoms with van der Waals surface area (Å²) in [5.74, 6) is 1.54. The highest BCUT2D eigenvalue weighted by Gasteiger charge is 2.22. The van der Waals surface area contributed by atoms with Crippen LogP contribution in [0.3, 0.4) is 0 Å². The second kappa shape index (κ2) is 4.72. The summed E-state index contributed by atoms with van der Waals surface area (Å²) >= 11 is -0.675. The second-order valence-electron chi connectivity index (χ2n) is 2.98. The minimum absolute atomic E-state index is 0.217. The lowest BCUT2D eigenvalue weighted by atomic mass is 10.3. The molecule has 0 aliphatic carbocycles. The molecular weight excluding hydrogens is 174 g/mol. The van der Waals surface area contributed by atoms with Crippen molar-refractivity contribution in [2.75, 3.05) is 24.6 Å². The molecule has 1 aliphatic rings. The van der Waals surface area contributed by atoms with Crippen molar-refractivity contribution in [1.29, 1.82) is 0 Å². The van der Waals surface area contributed by atoms with E-state index >= 15 is 0 Å². The number of nitrogens with zero attached hydrogens (tertiary/aromatic N) is 1. The third-order valence-electron chi connectivity index (χ3n) is 1.99. The van der Waals surface area contributed by atoms with Crippen molar-refractivity contribution in [2.24, 2.45) is 0 Å². The molecule has 0 saturated carbocycles. The molecule has 0 unspecified atom stereocenters. The molecule has 0 aromatic heterocycles. The summed E-state index contributed by atoms with van der Waals surface area (Å²) in [6, 6.07) is 0. The van der Waals surface area contributed by atoms with Gasteiger partial charge in [-0.05, 0) is 6.42 Å². The van der Waals surface area contributed by atoms with Crippen LogP contribution < -0.4 is 0 Å². The Kier molecular flexibility index (Phi) is 3.88. The van der Waals surface area contributed by atoms with Crippen molar-refractivity contribution in [3.05, 3.63) is 0 Å². The first-order valence-electron chi connectivity index (χ1n) is 4.36. The standard InChI is InChI=1S/C8H15NO2S/c1-2-3-8(10)9-4-6-12(11)7-5-9/h2-7H2,1H3. The van der Waals surface area contributed by atoms with Crippen molar-refractivity contribution in [2.45, 2.75) is 19.8 Å². The quantitative estimate of drug-likeness (QED) is 0.589. The molecule has 1 fully saturated rings. The van der Waals surface area contributed by atoms with E-state index in [4.69, 9.17) is 0 Å². The van der Waals surface area contributed by atoms with E-state index in [1.807, 2.05) is 11.8 Å². The fourth-order valence-electron chi connectivity index (χ4n) is 1.26. The molecule has 1 aliphatic heterocycles. The molecule has 4 heteroatoms. The van der Waals surface area contributed by atoms with Crippen molar-refractivity contribution in [3.8, 4) is 0 Å². The molecule has 1 rings (SSSR count). The average Bonchev–Trinajstić information content (AvgIpc) is 2.06. The molecule has 0 bridgehead atoms. The maximum Gasteiger partial charge on any atom is 0.222 e. The molecule has 70 valence electrons. The zero-order chi connectivity index (χ0) is 8.97. The van der Waals surface area contributed by atoms with Crippen LogP contribution in [-0.2, 0) is 16.0 Å². The highest BCUT2D eigenvalue weighted by molar-refractivity contribution is 7.91. The molecule has 0 atom stereocenters. The van der Waals surface area contributed by atoms with Crippen LogP contribution in [0.15, 0.2) is 0 Å².